The Balaban J connectivity index is 1.41. The lowest BCUT2D eigenvalue weighted by atomic mass is 9.91. The molecule has 0 saturated carbocycles. The molecule has 1 aliphatic rings. The van der Waals surface area contributed by atoms with E-state index in [1.807, 2.05) is 37.3 Å². The average Bonchev–Trinajstić information content (AvgIpc) is 2.83. The summed E-state index contributed by atoms with van der Waals surface area (Å²) in [6.07, 6.45) is -0.118. The molecule has 2 unspecified atom stereocenters. The van der Waals surface area contributed by atoms with Crippen molar-refractivity contribution in [1.82, 2.24) is 21.1 Å². The van der Waals surface area contributed by atoms with Crippen LogP contribution in [-0.4, -0.2) is 40.5 Å². The Labute approximate surface area is 190 Å². The number of piperidine rings is 1. The standard InChI is InChI=1S/C24H24N4O5/c1-14-10-16(18-4-2-3-5-20(18)26-14)13-33-17-8-6-15(7-9-17)23(30)27-21-12-25-22(29)11-19(21)24(31)28-32/h2-10,19,21,32H,11-13H2,1H3,(H,25,29)(H,27,30)(H,28,31). The van der Waals surface area contributed by atoms with E-state index in [0.717, 1.165) is 22.2 Å². The number of carbonyl (C=O) groups is 3. The number of nitrogens with one attached hydrogen (secondary N) is 3. The molecule has 1 aromatic heterocycles. The number of hydrogen-bond acceptors (Lipinski definition) is 6. The smallest absolute Gasteiger partial charge is 0.251 e. The number of benzene rings is 2. The topological polar surface area (TPSA) is 130 Å². The molecule has 0 bridgehead atoms. The summed E-state index contributed by atoms with van der Waals surface area (Å²) in [4.78, 5) is 40.6. The summed E-state index contributed by atoms with van der Waals surface area (Å²) >= 11 is 0. The molecular formula is C24H24N4O5. The lowest BCUT2D eigenvalue weighted by Crippen LogP contribution is -2.56. The van der Waals surface area contributed by atoms with E-state index in [4.69, 9.17) is 9.94 Å². The number of hydrogen-bond donors (Lipinski definition) is 4. The summed E-state index contributed by atoms with van der Waals surface area (Å²) in [5.41, 5.74) is 4.78. The highest BCUT2D eigenvalue weighted by Gasteiger charge is 2.35. The number of rotatable bonds is 6. The van der Waals surface area contributed by atoms with E-state index in [2.05, 4.69) is 15.6 Å². The normalized spacial score (nSPS) is 17.8. The van der Waals surface area contributed by atoms with E-state index < -0.39 is 23.8 Å². The molecule has 0 aliphatic carbocycles. The number of para-hydroxylation sites is 1. The minimum absolute atomic E-state index is 0.100. The van der Waals surface area contributed by atoms with Gasteiger partial charge in [-0.25, -0.2) is 5.48 Å². The van der Waals surface area contributed by atoms with Crippen LogP contribution in [0.1, 0.15) is 28.0 Å². The van der Waals surface area contributed by atoms with Gasteiger partial charge in [-0.1, -0.05) is 18.2 Å². The summed E-state index contributed by atoms with van der Waals surface area (Å²) in [6.45, 7) is 2.40. The van der Waals surface area contributed by atoms with Gasteiger partial charge in [-0.2, -0.15) is 0 Å². The van der Waals surface area contributed by atoms with Crippen LogP contribution < -0.4 is 20.9 Å². The van der Waals surface area contributed by atoms with Crippen LogP contribution in [0, 0.1) is 12.8 Å². The maximum Gasteiger partial charge on any atom is 0.251 e. The second kappa shape index (κ2) is 9.66. The van der Waals surface area contributed by atoms with Crippen LogP contribution in [0.2, 0.25) is 0 Å². The Morgan fingerprint density at radius 1 is 1.18 bits per heavy atom. The van der Waals surface area contributed by atoms with Crippen LogP contribution in [0.25, 0.3) is 10.9 Å². The number of pyridine rings is 1. The van der Waals surface area contributed by atoms with Gasteiger partial charge in [0, 0.05) is 35.2 Å². The summed E-state index contributed by atoms with van der Waals surface area (Å²) in [5.74, 6) is -1.67. The van der Waals surface area contributed by atoms with E-state index in [-0.39, 0.29) is 18.9 Å². The number of ether oxygens (including phenoxy) is 1. The molecule has 2 atom stereocenters. The average molecular weight is 448 g/mol. The van der Waals surface area contributed by atoms with Crippen molar-refractivity contribution < 1.29 is 24.3 Å². The number of amides is 3. The van der Waals surface area contributed by atoms with Crippen molar-refractivity contribution in [3.63, 3.8) is 0 Å². The molecule has 0 radical (unpaired) electrons. The molecule has 3 aromatic rings. The zero-order valence-corrected chi connectivity index (χ0v) is 18.0. The third kappa shape index (κ3) is 5.09. The molecule has 1 fully saturated rings. The summed E-state index contributed by atoms with van der Waals surface area (Å²) in [6, 6.07) is 15.9. The van der Waals surface area contributed by atoms with Gasteiger partial charge in [0.05, 0.1) is 17.5 Å². The Bertz CT molecular complexity index is 1200. The number of nitrogens with zero attached hydrogens (tertiary/aromatic N) is 1. The van der Waals surface area contributed by atoms with Crippen LogP contribution in [-0.2, 0) is 16.2 Å². The van der Waals surface area contributed by atoms with E-state index in [0.29, 0.717) is 17.9 Å². The quantitative estimate of drug-likeness (QED) is 0.337. The summed E-state index contributed by atoms with van der Waals surface area (Å²) in [7, 11) is 0. The Kier molecular flexibility index (Phi) is 6.50. The molecule has 4 N–H and O–H groups in total. The van der Waals surface area contributed by atoms with E-state index in [1.165, 1.54) is 0 Å². The molecule has 1 aliphatic heterocycles. The van der Waals surface area contributed by atoms with Gasteiger partial charge in [0.15, 0.2) is 0 Å². The molecule has 2 aromatic carbocycles. The first kappa shape index (κ1) is 22.2. The van der Waals surface area contributed by atoms with Crippen molar-refractivity contribution in [3.05, 3.63) is 71.4 Å². The fourth-order valence-corrected chi connectivity index (χ4v) is 3.92. The highest BCUT2D eigenvalue weighted by Crippen LogP contribution is 2.21. The van der Waals surface area contributed by atoms with Gasteiger partial charge >= 0.3 is 0 Å². The maximum atomic E-state index is 12.7. The molecular weight excluding hydrogens is 424 g/mol. The number of aryl methyl sites for hydroxylation is 1. The lowest BCUT2D eigenvalue weighted by molar-refractivity contribution is -0.139. The van der Waals surface area contributed by atoms with Crippen LogP contribution in [0.3, 0.4) is 0 Å². The fourth-order valence-electron chi connectivity index (χ4n) is 3.92. The summed E-state index contributed by atoms with van der Waals surface area (Å²) in [5, 5.41) is 15.3. The van der Waals surface area contributed by atoms with E-state index in [9.17, 15) is 14.4 Å². The molecule has 170 valence electrons. The summed E-state index contributed by atoms with van der Waals surface area (Å²) < 4.78 is 5.93. The largest absolute Gasteiger partial charge is 0.489 e. The zero-order chi connectivity index (χ0) is 23.4. The molecule has 0 spiro atoms. The molecule has 9 heteroatoms. The number of carbonyl (C=O) groups excluding carboxylic acids is 3. The van der Waals surface area contributed by atoms with Crippen LogP contribution >= 0.6 is 0 Å². The fraction of sp³-hybridized carbons (Fsp3) is 0.250. The maximum absolute atomic E-state index is 12.7. The van der Waals surface area contributed by atoms with Crippen molar-refractivity contribution in [1.29, 1.82) is 0 Å². The Morgan fingerprint density at radius 2 is 1.94 bits per heavy atom. The SMILES string of the molecule is Cc1cc(COc2ccc(C(=O)NC3CNC(=O)CC3C(=O)NO)cc2)c2ccccc2n1. The van der Waals surface area contributed by atoms with Crippen LogP contribution in [0.5, 0.6) is 5.75 Å². The number of hydroxylamine groups is 1. The molecule has 33 heavy (non-hydrogen) atoms. The van der Waals surface area contributed by atoms with Gasteiger partial charge in [0.2, 0.25) is 11.8 Å². The second-order valence-corrected chi connectivity index (χ2v) is 7.92. The molecule has 1 saturated heterocycles. The van der Waals surface area contributed by atoms with E-state index >= 15 is 0 Å². The van der Waals surface area contributed by atoms with Crippen LogP contribution in [0.15, 0.2) is 54.6 Å². The van der Waals surface area contributed by atoms with Gasteiger partial charge in [0.1, 0.15) is 12.4 Å². The number of aromatic nitrogens is 1. The van der Waals surface area contributed by atoms with Crippen LogP contribution in [0.4, 0.5) is 0 Å². The van der Waals surface area contributed by atoms with Crippen molar-refractivity contribution in [2.75, 3.05) is 6.54 Å². The predicted octanol–water partition coefficient (Wildman–Crippen LogP) is 1.86. The third-order valence-corrected chi connectivity index (χ3v) is 5.61. The molecule has 4 rings (SSSR count). The number of fused-ring (bicyclic) bond motifs is 1. The van der Waals surface area contributed by atoms with Gasteiger partial charge in [-0.15, -0.1) is 0 Å². The van der Waals surface area contributed by atoms with Crippen molar-refractivity contribution in [2.45, 2.75) is 26.0 Å². The Hall–Kier alpha value is -3.98. The third-order valence-electron chi connectivity index (χ3n) is 5.61. The van der Waals surface area contributed by atoms with Gasteiger partial charge in [0.25, 0.3) is 5.91 Å². The van der Waals surface area contributed by atoms with E-state index in [1.54, 1.807) is 29.7 Å². The molecule has 9 nitrogen and oxygen atoms in total. The first-order chi connectivity index (χ1) is 15.9. The minimum atomic E-state index is -0.853. The van der Waals surface area contributed by atoms with Gasteiger partial charge in [-0.05, 0) is 43.3 Å². The Morgan fingerprint density at radius 3 is 2.70 bits per heavy atom. The van der Waals surface area contributed by atoms with Crippen molar-refractivity contribution in [2.24, 2.45) is 5.92 Å². The monoisotopic (exact) mass is 448 g/mol. The molecule has 2 heterocycles. The van der Waals surface area contributed by atoms with Crippen molar-refractivity contribution in [3.8, 4) is 5.75 Å². The zero-order valence-electron chi connectivity index (χ0n) is 18.0. The van der Waals surface area contributed by atoms with Gasteiger partial charge < -0.3 is 15.4 Å². The first-order valence-corrected chi connectivity index (χ1v) is 10.5. The highest BCUT2D eigenvalue weighted by atomic mass is 16.5. The van der Waals surface area contributed by atoms with Crippen molar-refractivity contribution >= 4 is 28.6 Å². The highest BCUT2D eigenvalue weighted by molar-refractivity contribution is 5.95. The minimum Gasteiger partial charge on any atom is -0.489 e. The molecule has 3 amide bonds. The van der Waals surface area contributed by atoms with Gasteiger partial charge in [-0.3, -0.25) is 24.6 Å². The lowest BCUT2D eigenvalue weighted by Gasteiger charge is -2.30. The predicted molar refractivity (Wildman–Crippen MR) is 120 cm³/mol. The second-order valence-electron chi connectivity index (χ2n) is 7.92. The first-order valence-electron chi connectivity index (χ1n) is 10.5.